The Kier molecular flexibility index (Phi) is 3.51. The summed E-state index contributed by atoms with van der Waals surface area (Å²) in [6.45, 7) is 3.94. The number of nitrogens with zero attached hydrogens (tertiary/aromatic N) is 2. The van der Waals surface area contributed by atoms with Crippen molar-refractivity contribution in [2.75, 3.05) is 0 Å². The van der Waals surface area contributed by atoms with Gasteiger partial charge in [0.1, 0.15) is 23.8 Å². The summed E-state index contributed by atoms with van der Waals surface area (Å²) >= 11 is 0. The van der Waals surface area contributed by atoms with Crippen molar-refractivity contribution in [2.45, 2.75) is 13.8 Å². The summed E-state index contributed by atoms with van der Waals surface area (Å²) in [4.78, 5) is 11.8. The second-order valence-electron chi connectivity index (χ2n) is 5.24. The minimum absolute atomic E-state index is 0.212. The van der Waals surface area contributed by atoms with E-state index in [1.54, 1.807) is 21.5 Å². The first-order valence-electron chi connectivity index (χ1n) is 7.08. The fraction of sp³-hybridized carbons (Fsp3) is 0.111. The lowest BCUT2D eigenvalue weighted by molar-refractivity contribution is -0.598. The van der Waals surface area contributed by atoms with Crippen LogP contribution in [0.2, 0.25) is 0 Å². The first kappa shape index (κ1) is 14.1. The van der Waals surface area contributed by atoms with E-state index in [0.29, 0.717) is 0 Å². The zero-order valence-corrected chi connectivity index (χ0v) is 12.5. The third-order valence-electron chi connectivity index (χ3n) is 3.76. The van der Waals surface area contributed by atoms with Crippen molar-refractivity contribution in [1.82, 2.24) is 4.57 Å². The van der Waals surface area contributed by atoms with Crippen molar-refractivity contribution in [3.63, 3.8) is 0 Å². The van der Waals surface area contributed by atoms with Gasteiger partial charge in [0.15, 0.2) is 0 Å². The summed E-state index contributed by atoms with van der Waals surface area (Å²) in [5.74, 6) is -0.750. The molecule has 0 spiro atoms. The molecule has 0 atom stereocenters. The van der Waals surface area contributed by atoms with E-state index in [0.717, 1.165) is 22.5 Å². The van der Waals surface area contributed by atoms with Crippen LogP contribution in [-0.4, -0.2) is 15.6 Å². The normalized spacial score (nSPS) is 10.6. The Balaban J connectivity index is 2.26. The van der Waals surface area contributed by atoms with Crippen LogP contribution in [0.1, 0.15) is 21.7 Å². The fourth-order valence-electron chi connectivity index (χ4n) is 2.65. The van der Waals surface area contributed by atoms with Crippen molar-refractivity contribution in [1.29, 1.82) is 0 Å². The molecule has 3 rings (SSSR count). The van der Waals surface area contributed by atoms with E-state index in [1.165, 1.54) is 0 Å². The van der Waals surface area contributed by atoms with Gasteiger partial charge in [-0.15, -0.1) is 0 Å². The van der Waals surface area contributed by atoms with Gasteiger partial charge < -0.3 is 5.11 Å². The van der Waals surface area contributed by atoms with Gasteiger partial charge in [-0.2, -0.15) is 9.13 Å². The molecule has 0 unspecified atom stereocenters. The molecule has 22 heavy (non-hydrogen) atoms. The van der Waals surface area contributed by atoms with Crippen LogP contribution in [0.25, 0.3) is 11.4 Å². The highest BCUT2D eigenvalue weighted by Crippen LogP contribution is 2.16. The van der Waals surface area contributed by atoms with Gasteiger partial charge in [0.05, 0.1) is 0 Å². The number of rotatable bonds is 3. The van der Waals surface area contributed by atoms with Gasteiger partial charge in [-0.3, -0.25) is 0 Å². The van der Waals surface area contributed by atoms with Gasteiger partial charge in [0, 0.05) is 0 Å². The Morgan fingerprint density at radius 2 is 1.64 bits per heavy atom. The van der Waals surface area contributed by atoms with Gasteiger partial charge >= 0.3 is 11.8 Å². The highest BCUT2D eigenvalue weighted by atomic mass is 16.4. The van der Waals surface area contributed by atoms with E-state index in [-0.39, 0.29) is 5.82 Å². The number of para-hydroxylation sites is 2. The highest BCUT2D eigenvalue weighted by molar-refractivity contribution is 5.83. The van der Waals surface area contributed by atoms with Crippen LogP contribution < -0.4 is 4.57 Å². The number of carbonyl (C=O) groups is 1. The van der Waals surface area contributed by atoms with Crippen molar-refractivity contribution in [2.24, 2.45) is 0 Å². The summed E-state index contributed by atoms with van der Waals surface area (Å²) in [7, 11) is 0. The molecule has 0 amide bonds. The van der Waals surface area contributed by atoms with Crippen LogP contribution in [0, 0.1) is 13.8 Å². The zero-order valence-electron chi connectivity index (χ0n) is 12.5. The third kappa shape index (κ3) is 2.29. The minimum Gasteiger partial charge on any atom is -0.472 e. The summed E-state index contributed by atoms with van der Waals surface area (Å²) in [5, 5.41) is 9.70. The Bertz CT molecular complexity index is 787. The Labute approximate surface area is 128 Å². The number of imidazole rings is 1. The SMILES string of the molecule is Cc1ccccc1-n1cc[n+](-c2ccccc2C)c1C(=O)O. The zero-order chi connectivity index (χ0) is 15.7. The number of aryl methyl sites for hydroxylation is 2. The third-order valence-corrected chi connectivity index (χ3v) is 3.76. The molecule has 3 aromatic rings. The van der Waals surface area contributed by atoms with Crippen LogP contribution in [0.3, 0.4) is 0 Å². The number of hydrogen-bond donors (Lipinski definition) is 1. The van der Waals surface area contributed by atoms with Crippen LogP contribution in [0.5, 0.6) is 0 Å². The molecule has 4 nitrogen and oxygen atoms in total. The molecule has 1 heterocycles. The minimum atomic E-state index is -0.962. The molecule has 0 saturated heterocycles. The number of hydrogen-bond acceptors (Lipinski definition) is 1. The summed E-state index contributed by atoms with van der Waals surface area (Å²) < 4.78 is 3.42. The Hall–Kier alpha value is -2.88. The monoisotopic (exact) mass is 293 g/mol. The molecule has 1 aromatic heterocycles. The maximum atomic E-state index is 11.8. The molecule has 4 heteroatoms. The second kappa shape index (κ2) is 5.48. The molecule has 1 N–H and O–H groups in total. The molecule has 2 aromatic carbocycles. The number of aromatic nitrogens is 2. The molecule has 0 aliphatic heterocycles. The lowest BCUT2D eigenvalue weighted by Gasteiger charge is -2.05. The van der Waals surface area contributed by atoms with Crippen LogP contribution in [0.15, 0.2) is 60.9 Å². The second-order valence-corrected chi connectivity index (χ2v) is 5.24. The van der Waals surface area contributed by atoms with Gasteiger partial charge in [-0.05, 0) is 37.1 Å². The standard InChI is InChI=1S/C18H16N2O2/c1-13-7-3-5-9-15(13)19-11-12-20(17(19)18(21)22)16-10-6-4-8-14(16)2/h3-12H,1-2H3/p+1. The predicted octanol–water partition coefficient (Wildman–Crippen LogP) is 3.07. The fourth-order valence-corrected chi connectivity index (χ4v) is 2.65. The van der Waals surface area contributed by atoms with Gasteiger partial charge in [0.25, 0.3) is 0 Å². The molecular weight excluding hydrogens is 276 g/mol. The topological polar surface area (TPSA) is 46.1 Å². The van der Waals surface area contributed by atoms with Gasteiger partial charge in [0.2, 0.25) is 0 Å². The molecule has 0 bridgehead atoms. The van der Waals surface area contributed by atoms with E-state index in [1.807, 2.05) is 62.4 Å². The molecule has 110 valence electrons. The Morgan fingerprint density at radius 3 is 2.27 bits per heavy atom. The van der Waals surface area contributed by atoms with Crippen molar-refractivity contribution in [3.8, 4) is 11.4 Å². The predicted molar refractivity (Wildman–Crippen MR) is 83.7 cm³/mol. The summed E-state index contributed by atoms with van der Waals surface area (Å²) in [6, 6.07) is 15.5. The largest absolute Gasteiger partial charge is 0.472 e. The maximum Gasteiger partial charge on any atom is 0.420 e. The molecule has 0 radical (unpaired) electrons. The van der Waals surface area contributed by atoms with Crippen molar-refractivity contribution in [3.05, 3.63) is 77.9 Å². The van der Waals surface area contributed by atoms with Crippen molar-refractivity contribution < 1.29 is 14.5 Å². The molecule has 0 saturated carbocycles. The number of carboxylic acid groups (broad SMARTS) is 1. The van der Waals surface area contributed by atoms with E-state index in [2.05, 4.69) is 0 Å². The van der Waals surface area contributed by atoms with Gasteiger partial charge in [-0.25, -0.2) is 4.79 Å². The maximum absolute atomic E-state index is 11.8. The van der Waals surface area contributed by atoms with Crippen molar-refractivity contribution >= 4 is 5.97 Å². The quantitative estimate of drug-likeness (QED) is 0.754. The first-order chi connectivity index (χ1) is 10.6. The lowest BCUT2D eigenvalue weighted by atomic mass is 10.2. The van der Waals surface area contributed by atoms with E-state index in [4.69, 9.17) is 0 Å². The molecule has 0 aliphatic rings. The number of benzene rings is 2. The van der Waals surface area contributed by atoms with E-state index >= 15 is 0 Å². The number of carboxylic acids is 1. The average molecular weight is 293 g/mol. The van der Waals surface area contributed by atoms with E-state index < -0.39 is 5.97 Å². The van der Waals surface area contributed by atoms with Crippen LogP contribution in [-0.2, 0) is 0 Å². The lowest BCUT2D eigenvalue weighted by Crippen LogP contribution is -2.37. The summed E-state index contributed by atoms with van der Waals surface area (Å²) in [5.41, 5.74) is 3.79. The van der Waals surface area contributed by atoms with Gasteiger partial charge in [-0.1, -0.05) is 36.4 Å². The van der Waals surface area contributed by atoms with E-state index in [9.17, 15) is 9.90 Å². The highest BCUT2D eigenvalue weighted by Gasteiger charge is 2.28. The average Bonchev–Trinajstić information content (AvgIpc) is 2.93. The number of aromatic carboxylic acids is 1. The summed E-state index contributed by atoms with van der Waals surface area (Å²) in [6.07, 6.45) is 3.58. The smallest absolute Gasteiger partial charge is 0.420 e. The van der Waals surface area contributed by atoms with Crippen LogP contribution >= 0.6 is 0 Å². The Morgan fingerprint density at radius 1 is 1.00 bits per heavy atom. The first-order valence-corrected chi connectivity index (χ1v) is 7.08. The molecule has 0 fully saturated rings. The van der Waals surface area contributed by atoms with Crippen LogP contribution in [0.4, 0.5) is 0 Å². The molecular formula is C18H17N2O2+. The molecule has 0 aliphatic carbocycles.